The summed E-state index contributed by atoms with van der Waals surface area (Å²) < 4.78 is 18.3. The summed E-state index contributed by atoms with van der Waals surface area (Å²) in [5, 5.41) is 14.1. The predicted octanol–water partition coefficient (Wildman–Crippen LogP) is 3.35. The molecule has 0 atom stereocenters. The van der Waals surface area contributed by atoms with Gasteiger partial charge in [0.15, 0.2) is 11.5 Å². The van der Waals surface area contributed by atoms with Gasteiger partial charge in [-0.3, -0.25) is 4.79 Å². The van der Waals surface area contributed by atoms with Crippen molar-refractivity contribution in [2.24, 2.45) is 5.10 Å². The molecule has 0 aliphatic rings. The first-order valence-electron chi connectivity index (χ1n) is 8.19. The summed E-state index contributed by atoms with van der Waals surface area (Å²) in [6.07, 6.45) is 3.72. The lowest BCUT2D eigenvalue weighted by Gasteiger charge is -2.10. The molecule has 1 amide bonds. The topological polar surface area (TPSA) is 70.9 Å². The third kappa shape index (κ3) is 5.44. The molecule has 2 aromatic rings. The largest absolute Gasteiger partial charge is 0.504 e. The van der Waals surface area contributed by atoms with E-state index in [1.165, 1.54) is 18.3 Å². The first-order chi connectivity index (χ1) is 12.5. The highest BCUT2D eigenvalue weighted by molar-refractivity contribution is 5.84. The van der Waals surface area contributed by atoms with E-state index in [1.54, 1.807) is 30.3 Å². The SMILES string of the molecule is C=CCc1cc(/C=N/NC(=O)Cc2ccc(F)cc2)cc(OCC)c1O. The number of rotatable bonds is 8. The van der Waals surface area contributed by atoms with E-state index in [9.17, 15) is 14.3 Å². The number of benzene rings is 2. The van der Waals surface area contributed by atoms with Crippen LogP contribution in [0.25, 0.3) is 0 Å². The van der Waals surface area contributed by atoms with Gasteiger partial charge in [-0.2, -0.15) is 5.10 Å². The van der Waals surface area contributed by atoms with Crippen LogP contribution in [0.15, 0.2) is 54.2 Å². The zero-order valence-electron chi connectivity index (χ0n) is 14.5. The van der Waals surface area contributed by atoms with Crippen molar-refractivity contribution < 1.29 is 19.0 Å². The van der Waals surface area contributed by atoms with E-state index in [-0.39, 0.29) is 23.9 Å². The van der Waals surface area contributed by atoms with Crippen LogP contribution in [0, 0.1) is 5.82 Å². The molecule has 0 aromatic heterocycles. The van der Waals surface area contributed by atoms with Crippen LogP contribution in [0.4, 0.5) is 4.39 Å². The molecule has 136 valence electrons. The number of carbonyl (C=O) groups is 1. The van der Waals surface area contributed by atoms with Gasteiger partial charge in [0.05, 0.1) is 19.2 Å². The highest BCUT2D eigenvalue weighted by Gasteiger charge is 2.09. The van der Waals surface area contributed by atoms with Gasteiger partial charge >= 0.3 is 0 Å². The van der Waals surface area contributed by atoms with E-state index in [0.29, 0.717) is 35.5 Å². The summed E-state index contributed by atoms with van der Waals surface area (Å²) >= 11 is 0. The monoisotopic (exact) mass is 356 g/mol. The highest BCUT2D eigenvalue weighted by Crippen LogP contribution is 2.31. The molecule has 2 aromatic carbocycles. The fraction of sp³-hybridized carbons (Fsp3) is 0.200. The number of hydrogen-bond acceptors (Lipinski definition) is 4. The fourth-order valence-corrected chi connectivity index (χ4v) is 2.35. The Kier molecular flexibility index (Phi) is 6.91. The standard InChI is InChI=1S/C20H21FN2O3/c1-3-5-16-10-15(11-18(20(16)25)26-4-2)13-22-23-19(24)12-14-6-8-17(21)9-7-14/h3,6-11,13,25H,1,4-5,12H2,2H3,(H,23,24)/b22-13+. The molecule has 0 saturated heterocycles. The van der Waals surface area contributed by atoms with E-state index >= 15 is 0 Å². The zero-order chi connectivity index (χ0) is 18.9. The Labute approximate surface area is 151 Å². The Morgan fingerprint density at radius 1 is 1.35 bits per heavy atom. The number of amides is 1. The molecule has 0 aliphatic carbocycles. The van der Waals surface area contributed by atoms with Crippen molar-refractivity contribution in [2.75, 3.05) is 6.61 Å². The number of allylic oxidation sites excluding steroid dienone is 1. The number of hydrazone groups is 1. The summed E-state index contributed by atoms with van der Waals surface area (Å²) in [4.78, 5) is 11.9. The highest BCUT2D eigenvalue weighted by atomic mass is 19.1. The van der Waals surface area contributed by atoms with Crippen molar-refractivity contribution in [3.8, 4) is 11.5 Å². The van der Waals surface area contributed by atoms with Gasteiger partial charge in [-0.15, -0.1) is 6.58 Å². The van der Waals surface area contributed by atoms with Gasteiger partial charge in [0, 0.05) is 5.56 Å². The van der Waals surface area contributed by atoms with E-state index in [0.717, 1.165) is 0 Å². The number of ether oxygens (including phenoxy) is 1. The van der Waals surface area contributed by atoms with Crippen molar-refractivity contribution in [2.45, 2.75) is 19.8 Å². The van der Waals surface area contributed by atoms with Crippen LogP contribution in [-0.4, -0.2) is 23.8 Å². The fourth-order valence-electron chi connectivity index (χ4n) is 2.35. The number of nitrogens with zero attached hydrogens (tertiary/aromatic N) is 1. The molecule has 0 bridgehead atoms. The maximum absolute atomic E-state index is 12.9. The minimum Gasteiger partial charge on any atom is -0.504 e. The van der Waals surface area contributed by atoms with Crippen LogP contribution in [0.1, 0.15) is 23.6 Å². The smallest absolute Gasteiger partial charge is 0.244 e. The Morgan fingerprint density at radius 2 is 2.08 bits per heavy atom. The van der Waals surface area contributed by atoms with Gasteiger partial charge in [-0.25, -0.2) is 9.82 Å². The Bertz CT molecular complexity index is 801. The van der Waals surface area contributed by atoms with Crippen molar-refractivity contribution in [3.63, 3.8) is 0 Å². The summed E-state index contributed by atoms with van der Waals surface area (Å²) in [5.74, 6) is -0.238. The number of aromatic hydroxyl groups is 1. The molecule has 26 heavy (non-hydrogen) atoms. The average molecular weight is 356 g/mol. The Balaban J connectivity index is 2.05. The quantitative estimate of drug-likeness (QED) is 0.433. The molecular weight excluding hydrogens is 335 g/mol. The number of hydrogen-bond donors (Lipinski definition) is 2. The summed E-state index contributed by atoms with van der Waals surface area (Å²) in [6, 6.07) is 9.09. The van der Waals surface area contributed by atoms with Gasteiger partial charge in [-0.05, 0) is 48.7 Å². The number of carbonyl (C=O) groups excluding carboxylic acids is 1. The minimum atomic E-state index is -0.347. The number of phenolic OH excluding ortho intramolecular Hbond substituents is 1. The molecule has 2 rings (SSSR count). The van der Waals surface area contributed by atoms with Crippen LogP contribution in [0.3, 0.4) is 0 Å². The molecule has 2 N–H and O–H groups in total. The van der Waals surface area contributed by atoms with Gasteiger partial charge in [0.2, 0.25) is 5.91 Å². The molecule has 0 aliphatic heterocycles. The normalized spacial score (nSPS) is 10.7. The van der Waals surface area contributed by atoms with E-state index in [4.69, 9.17) is 4.74 Å². The molecule has 0 heterocycles. The second-order valence-corrected chi connectivity index (χ2v) is 5.55. The first kappa shape index (κ1) is 19.2. The van der Waals surface area contributed by atoms with Gasteiger partial charge in [-0.1, -0.05) is 18.2 Å². The molecule has 0 unspecified atom stereocenters. The maximum Gasteiger partial charge on any atom is 0.244 e. The zero-order valence-corrected chi connectivity index (χ0v) is 14.5. The van der Waals surface area contributed by atoms with Crippen molar-refractivity contribution in [1.82, 2.24) is 5.43 Å². The lowest BCUT2D eigenvalue weighted by molar-refractivity contribution is -0.120. The minimum absolute atomic E-state index is 0.0734. The van der Waals surface area contributed by atoms with Crippen molar-refractivity contribution >= 4 is 12.1 Å². The molecule has 6 heteroatoms. The molecule has 0 fully saturated rings. The van der Waals surface area contributed by atoms with Crippen LogP contribution < -0.4 is 10.2 Å². The Morgan fingerprint density at radius 3 is 2.73 bits per heavy atom. The number of halogens is 1. The number of nitrogens with one attached hydrogen (secondary N) is 1. The van der Waals surface area contributed by atoms with Gasteiger partial charge in [0.25, 0.3) is 0 Å². The second-order valence-electron chi connectivity index (χ2n) is 5.55. The lowest BCUT2D eigenvalue weighted by Crippen LogP contribution is -2.19. The van der Waals surface area contributed by atoms with E-state index in [1.807, 2.05) is 6.92 Å². The van der Waals surface area contributed by atoms with Crippen molar-refractivity contribution in [1.29, 1.82) is 0 Å². The third-order valence-electron chi connectivity index (χ3n) is 3.52. The molecular formula is C20H21FN2O3. The molecule has 0 radical (unpaired) electrons. The summed E-state index contributed by atoms with van der Waals surface area (Å²) in [7, 11) is 0. The van der Waals surface area contributed by atoms with Gasteiger partial charge in [0.1, 0.15) is 5.82 Å². The number of phenols is 1. The molecule has 0 spiro atoms. The summed E-state index contributed by atoms with van der Waals surface area (Å²) in [6.45, 7) is 5.90. The van der Waals surface area contributed by atoms with E-state index in [2.05, 4.69) is 17.1 Å². The maximum atomic E-state index is 12.9. The second kappa shape index (κ2) is 9.36. The molecule has 5 nitrogen and oxygen atoms in total. The predicted molar refractivity (Wildman–Crippen MR) is 99.0 cm³/mol. The first-order valence-corrected chi connectivity index (χ1v) is 8.19. The summed E-state index contributed by atoms with van der Waals surface area (Å²) in [5.41, 5.74) is 4.44. The Hall–Kier alpha value is -3.15. The average Bonchev–Trinajstić information content (AvgIpc) is 2.61. The van der Waals surface area contributed by atoms with Crippen LogP contribution in [-0.2, 0) is 17.6 Å². The van der Waals surface area contributed by atoms with E-state index < -0.39 is 0 Å². The van der Waals surface area contributed by atoms with Crippen LogP contribution >= 0.6 is 0 Å². The van der Waals surface area contributed by atoms with Crippen molar-refractivity contribution in [3.05, 3.63) is 71.6 Å². The van der Waals surface area contributed by atoms with Crippen LogP contribution in [0.2, 0.25) is 0 Å². The van der Waals surface area contributed by atoms with Gasteiger partial charge < -0.3 is 9.84 Å². The third-order valence-corrected chi connectivity index (χ3v) is 3.52. The molecule has 0 saturated carbocycles. The lowest BCUT2D eigenvalue weighted by atomic mass is 10.1. The van der Waals surface area contributed by atoms with Crippen LogP contribution in [0.5, 0.6) is 11.5 Å².